The highest BCUT2D eigenvalue weighted by Crippen LogP contribution is 2.28. The Balaban J connectivity index is 0.00000338. The second-order valence-electron chi connectivity index (χ2n) is 8.19. The minimum atomic E-state index is 0. The number of aliphatic imine (C=N–C) groups is 1. The SMILES string of the molecule is CCNC(=NCC(C)(C)N1CCCC(C)C1)NCCNC(=O)C1CC1.I. The highest BCUT2D eigenvalue weighted by atomic mass is 127. The maximum atomic E-state index is 11.6. The number of nitrogens with one attached hydrogen (secondary N) is 3. The quantitative estimate of drug-likeness (QED) is 0.216. The first kappa shape index (κ1) is 23.5. The number of likely N-dealkylation sites (tertiary alicyclic amines) is 1. The lowest BCUT2D eigenvalue weighted by atomic mass is 9.94. The van der Waals surface area contributed by atoms with Gasteiger partial charge in [0.1, 0.15) is 0 Å². The molecule has 6 nitrogen and oxygen atoms in total. The number of piperidine rings is 1. The van der Waals surface area contributed by atoms with Crippen LogP contribution in [0.5, 0.6) is 0 Å². The molecule has 2 aliphatic rings. The molecule has 1 saturated heterocycles. The van der Waals surface area contributed by atoms with Crippen LogP contribution in [0.1, 0.15) is 53.4 Å². The molecule has 2 rings (SSSR count). The van der Waals surface area contributed by atoms with E-state index in [9.17, 15) is 4.79 Å². The van der Waals surface area contributed by atoms with E-state index >= 15 is 0 Å². The number of amides is 1. The Morgan fingerprint density at radius 1 is 1.15 bits per heavy atom. The third kappa shape index (κ3) is 7.98. The number of hydrogen-bond donors (Lipinski definition) is 3. The van der Waals surface area contributed by atoms with E-state index in [0.29, 0.717) is 13.1 Å². The number of carbonyl (C=O) groups excluding carboxylic acids is 1. The van der Waals surface area contributed by atoms with Crippen molar-refractivity contribution < 1.29 is 4.79 Å². The zero-order valence-electron chi connectivity index (χ0n) is 16.9. The summed E-state index contributed by atoms with van der Waals surface area (Å²) in [6, 6.07) is 0. The first-order valence-corrected chi connectivity index (χ1v) is 9.97. The normalized spacial score (nSPS) is 21.7. The van der Waals surface area contributed by atoms with Crippen molar-refractivity contribution in [2.45, 2.75) is 58.9 Å². The molecule has 26 heavy (non-hydrogen) atoms. The molecule has 152 valence electrons. The van der Waals surface area contributed by atoms with Crippen LogP contribution in [0.15, 0.2) is 4.99 Å². The predicted octanol–water partition coefficient (Wildman–Crippen LogP) is 2.20. The van der Waals surface area contributed by atoms with E-state index in [0.717, 1.165) is 37.8 Å². The number of hydrogen-bond acceptors (Lipinski definition) is 3. The van der Waals surface area contributed by atoms with E-state index in [1.54, 1.807) is 0 Å². The molecule has 1 amide bonds. The highest BCUT2D eigenvalue weighted by molar-refractivity contribution is 14.0. The van der Waals surface area contributed by atoms with Gasteiger partial charge in [-0.3, -0.25) is 14.7 Å². The Kier molecular flexibility index (Phi) is 10.2. The van der Waals surface area contributed by atoms with Crippen molar-refractivity contribution in [3.05, 3.63) is 0 Å². The topological polar surface area (TPSA) is 68.8 Å². The van der Waals surface area contributed by atoms with Gasteiger partial charge in [0.2, 0.25) is 5.91 Å². The van der Waals surface area contributed by atoms with E-state index in [2.05, 4.69) is 48.5 Å². The summed E-state index contributed by atoms with van der Waals surface area (Å²) in [5.74, 6) is 2.08. The van der Waals surface area contributed by atoms with E-state index in [4.69, 9.17) is 4.99 Å². The third-order valence-corrected chi connectivity index (χ3v) is 5.15. The highest BCUT2D eigenvalue weighted by Gasteiger charge is 2.30. The molecule has 1 heterocycles. The largest absolute Gasteiger partial charge is 0.357 e. The molecule has 0 bridgehead atoms. The summed E-state index contributed by atoms with van der Waals surface area (Å²) < 4.78 is 0. The lowest BCUT2D eigenvalue weighted by molar-refractivity contribution is -0.122. The average molecular weight is 479 g/mol. The number of carbonyl (C=O) groups is 1. The Labute approximate surface area is 176 Å². The van der Waals surface area contributed by atoms with Crippen LogP contribution >= 0.6 is 24.0 Å². The molecule has 1 aliphatic heterocycles. The van der Waals surface area contributed by atoms with Crippen LogP contribution in [-0.2, 0) is 4.79 Å². The molecule has 7 heteroatoms. The van der Waals surface area contributed by atoms with Crippen LogP contribution in [0.25, 0.3) is 0 Å². The summed E-state index contributed by atoms with van der Waals surface area (Å²) in [7, 11) is 0. The third-order valence-electron chi connectivity index (χ3n) is 5.15. The first-order valence-electron chi connectivity index (χ1n) is 9.97. The fourth-order valence-electron chi connectivity index (χ4n) is 3.31. The van der Waals surface area contributed by atoms with Gasteiger partial charge in [-0.25, -0.2) is 0 Å². The lowest BCUT2D eigenvalue weighted by Crippen LogP contribution is -2.51. The van der Waals surface area contributed by atoms with Crippen LogP contribution in [0.4, 0.5) is 0 Å². The van der Waals surface area contributed by atoms with Gasteiger partial charge in [-0.2, -0.15) is 0 Å². The zero-order valence-corrected chi connectivity index (χ0v) is 19.3. The van der Waals surface area contributed by atoms with Crippen LogP contribution in [-0.4, -0.2) is 61.6 Å². The fraction of sp³-hybridized carbons (Fsp3) is 0.895. The van der Waals surface area contributed by atoms with E-state index in [1.807, 2.05) is 0 Å². The van der Waals surface area contributed by atoms with Crippen molar-refractivity contribution in [1.29, 1.82) is 0 Å². The Morgan fingerprint density at radius 3 is 2.46 bits per heavy atom. The molecule has 2 fully saturated rings. The predicted molar refractivity (Wildman–Crippen MR) is 119 cm³/mol. The second-order valence-corrected chi connectivity index (χ2v) is 8.19. The van der Waals surface area contributed by atoms with Gasteiger partial charge >= 0.3 is 0 Å². The molecule has 3 N–H and O–H groups in total. The first-order chi connectivity index (χ1) is 11.9. The van der Waals surface area contributed by atoms with Crippen LogP contribution in [0.3, 0.4) is 0 Å². The van der Waals surface area contributed by atoms with Crippen molar-refractivity contribution >= 4 is 35.8 Å². The van der Waals surface area contributed by atoms with E-state index in [1.165, 1.54) is 25.9 Å². The van der Waals surface area contributed by atoms with Gasteiger partial charge in [0.15, 0.2) is 5.96 Å². The van der Waals surface area contributed by atoms with Gasteiger partial charge in [-0.15, -0.1) is 24.0 Å². The fourth-order valence-corrected chi connectivity index (χ4v) is 3.31. The van der Waals surface area contributed by atoms with Gasteiger partial charge in [0, 0.05) is 37.6 Å². The van der Waals surface area contributed by atoms with E-state index < -0.39 is 0 Å². The average Bonchev–Trinajstić information content (AvgIpc) is 3.41. The van der Waals surface area contributed by atoms with E-state index in [-0.39, 0.29) is 41.3 Å². The van der Waals surface area contributed by atoms with Crippen LogP contribution in [0.2, 0.25) is 0 Å². The van der Waals surface area contributed by atoms with Gasteiger partial charge in [-0.05, 0) is 58.9 Å². The van der Waals surface area contributed by atoms with Crippen molar-refractivity contribution in [1.82, 2.24) is 20.9 Å². The minimum absolute atomic E-state index is 0. The summed E-state index contributed by atoms with van der Waals surface area (Å²) in [4.78, 5) is 19.0. The molecular formula is C19H38IN5O. The summed E-state index contributed by atoms with van der Waals surface area (Å²) in [5, 5.41) is 9.60. The summed E-state index contributed by atoms with van der Waals surface area (Å²) in [6.07, 6.45) is 4.72. The van der Waals surface area contributed by atoms with Crippen LogP contribution in [0, 0.1) is 11.8 Å². The van der Waals surface area contributed by atoms with Gasteiger partial charge in [-0.1, -0.05) is 6.92 Å². The second kappa shape index (κ2) is 11.3. The number of halogens is 1. The Morgan fingerprint density at radius 2 is 1.85 bits per heavy atom. The van der Waals surface area contributed by atoms with Gasteiger partial charge in [0.25, 0.3) is 0 Å². The molecule has 0 radical (unpaired) electrons. The van der Waals surface area contributed by atoms with Crippen molar-refractivity contribution in [2.75, 3.05) is 39.3 Å². The molecule has 0 spiro atoms. The standard InChI is InChI=1S/C19H37N5O.HI/c1-5-20-18(22-11-10-21-17(25)16-8-9-16)23-14-19(3,4)24-12-6-7-15(2)13-24;/h15-16H,5-14H2,1-4H3,(H,21,25)(H2,20,22,23);1H. The molecule has 0 aromatic heterocycles. The molecule has 1 unspecified atom stereocenters. The summed E-state index contributed by atoms with van der Waals surface area (Å²) in [6.45, 7) is 14.3. The smallest absolute Gasteiger partial charge is 0.223 e. The van der Waals surface area contributed by atoms with Crippen molar-refractivity contribution in [2.24, 2.45) is 16.8 Å². The zero-order chi connectivity index (χ0) is 18.3. The maximum absolute atomic E-state index is 11.6. The minimum Gasteiger partial charge on any atom is -0.357 e. The van der Waals surface area contributed by atoms with Gasteiger partial charge in [0.05, 0.1) is 6.54 Å². The molecule has 0 aromatic carbocycles. The Hall–Kier alpha value is -0.570. The molecule has 1 aliphatic carbocycles. The number of guanidine groups is 1. The van der Waals surface area contributed by atoms with Crippen molar-refractivity contribution in [3.63, 3.8) is 0 Å². The number of nitrogens with zero attached hydrogens (tertiary/aromatic N) is 2. The molecular weight excluding hydrogens is 441 g/mol. The number of rotatable bonds is 8. The van der Waals surface area contributed by atoms with Crippen molar-refractivity contribution in [3.8, 4) is 0 Å². The summed E-state index contributed by atoms with van der Waals surface area (Å²) in [5.41, 5.74) is 0.0667. The lowest BCUT2D eigenvalue weighted by Gasteiger charge is -2.42. The summed E-state index contributed by atoms with van der Waals surface area (Å²) >= 11 is 0. The molecule has 0 aromatic rings. The molecule has 1 saturated carbocycles. The van der Waals surface area contributed by atoms with Gasteiger partial charge < -0.3 is 16.0 Å². The van der Waals surface area contributed by atoms with Crippen LogP contribution < -0.4 is 16.0 Å². The monoisotopic (exact) mass is 479 g/mol. The Bertz CT molecular complexity index is 465. The molecule has 1 atom stereocenters. The maximum Gasteiger partial charge on any atom is 0.223 e.